The van der Waals surface area contributed by atoms with Crippen LogP contribution in [0.4, 0.5) is 5.69 Å². The number of anilines is 1. The van der Waals surface area contributed by atoms with Crippen LogP contribution in [0.1, 0.15) is 66.7 Å². The molecule has 4 fully saturated rings. The molecule has 3 aliphatic heterocycles. The second-order valence-corrected chi connectivity index (χ2v) is 15.1. The summed E-state index contributed by atoms with van der Waals surface area (Å²) in [4.78, 5) is 19.1. The summed E-state index contributed by atoms with van der Waals surface area (Å²) in [6, 6.07) is 19.9. The number of hydrogen-bond acceptors (Lipinski definition) is 5. The van der Waals surface area contributed by atoms with Gasteiger partial charge in [-0.25, -0.2) is 0 Å². The van der Waals surface area contributed by atoms with Gasteiger partial charge in [-0.3, -0.25) is 4.79 Å². The number of fused-ring (bicyclic) bond motifs is 2. The van der Waals surface area contributed by atoms with Crippen molar-refractivity contribution in [3.05, 3.63) is 91.9 Å². The Morgan fingerprint density at radius 3 is 2.45 bits per heavy atom. The van der Waals surface area contributed by atoms with Crippen molar-refractivity contribution >= 4 is 46.4 Å². The molecule has 250 valence electrons. The van der Waals surface area contributed by atoms with Gasteiger partial charge in [0, 0.05) is 55.5 Å². The van der Waals surface area contributed by atoms with E-state index in [1.54, 1.807) is 7.11 Å². The van der Waals surface area contributed by atoms with Gasteiger partial charge in [-0.2, -0.15) is 0 Å². The number of carbonyl (C=O) groups excluding carboxylic acids is 1. The van der Waals surface area contributed by atoms with Crippen LogP contribution in [0.2, 0.25) is 15.1 Å². The first-order valence-electron chi connectivity index (χ1n) is 17.1. The molecule has 3 aromatic rings. The van der Waals surface area contributed by atoms with Gasteiger partial charge in [0.15, 0.2) is 5.75 Å². The first-order chi connectivity index (χ1) is 22.8. The van der Waals surface area contributed by atoms with Gasteiger partial charge in [0.1, 0.15) is 6.10 Å². The predicted octanol–water partition coefficient (Wildman–Crippen LogP) is 8.22. The van der Waals surface area contributed by atoms with E-state index < -0.39 is 0 Å². The van der Waals surface area contributed by atoms with E-state index in [2.05, 4.69) is 51.5 Å². The Hall–Kier alpha value is -2.48. The summed E-state index contributed by atoms with van der Waals surface area (Å²) < 4.78 is 11.6. The lowest BCUT2D eigenvalue weighted by atomic mass is 9.76. The fourth-order valence-electron chi connectivity index (χ4n) is 7.97. The molecule has 9 heteroatoms. The molecular formula is C38H44Cl3N3O3. The molecule has 0 radical (unpaired) electrons. The van der Waals surface area contributed by atoms with Crippen molar-refractivity contribution in [3.63, 3.8) is 0 Å². The van der Waals surface area contributed by atoms with Gasteiger partial charge in [0.25, 0.3) is 0 Å². The maximum Gasteiger partial charge on any atom is 0.228 e. The molecule has 0 aromatic heterocycles. The lowest BCUT2D eigenvalue weighted by molar-refractivity contribution is -0.139. The Labute approximate surface area is 293 Å². The number of nitrogens with zero attached hydrogens (tertiary/aromatic N) is 2. The van der Waals surface area contributed by atoms with Crippen LogP contribution >= 0.6 is 34.8 Å². The monoisotopic (exact) mass is 695 g/mol. The van der Waals surface area contributed by atoms with E-state index in [4.69, 9.17) is 44.3 Å². The highest BCUT2D eigenvalue weighted by molar-refractivity contribution is 6.37. The van der Waals surface area contributed by atoms with Crippen LogP contribution in [-0.2, 0) is 22.5 Å². The van der Waals surface area contributed by atoms with Crippen LogP contribution in [0.15, 0.2) is 54.6 Å². The summed E-state index contributed by atoms with van der Waals surface area (Å²) in [7, 11) is 1.72. The molecule has 4 aliphatic rings. The normalized spacial score (nSPS) is 25.3. The number of piperidine rings is 1. The first-order valence-corrected chi connectivity index (χ1v) is 18.2. The fourth-order valence-corrected chi connectivity index (χ4v) is 8.83. The number of ether oxygens (including phenoxy) is 2. The van der Waals surface area contributed by atoms with Gasteiger partial charge in [-0.15, -0.1) is 0 Å². The average Bonchev–Trinajstić information content (AvgIpc) is 3.68. The van der Waals surface area contributed by atoms with Gasteiger partial charge in [-0.1, -0.05) is 59.1 Å². The van der Waals surface area contributed by atoms with Crippen molar-refractivity contribution < 1.29 is 14.3 Å². The van der Waals surface area contributed by atoms with Crippen molar-refractivity contribution in [2.75, 3.05) is 31.7 Å². The zero-order chi connectivity index (χ0) is 32.7. The third-order valence-corrected chi connectivity index (χ3v) is 11.5. The summed E-state index contributed by atoms with van der Waals surface area (Å²) in [6.07, 6.45) is 7.01. The zero-order valence-electron chi connectivity index (χ0n) is 27.2. The highest BCUT2D eigenvalue weighted by Gasteiger charge is 2.48. The molecule has 5 atom stereocenters. The van der Waals surface area contributed by atoms with Crippen LogP contribution in [0.25, 0.3) is 0 Å². The van der Waals surface area contributed by atoms with E-state index in [1.807, 2.05) is 25.1 Å². The second kappa shape index (κ2) is 14.2. The fraction of sp³-hybridized carbons (Fsp3) is 0.500. The number of carbonyl (C=O) groups is 1. The Morgan fingerprint density at radius 2 is 1.72 bits per heavy atom. The van der Waals surface area contributed by atoms with Crippen molar-refractivity contribution in [3.8, 4) is 5.75 Å². The lowest BCUT2D eigenvalue weighted by Crippen LogP contribution is -2.52. The highest BCUT2D eigenvalue weighted by Crippen LogP contribution is 2.45. The minimum Gasteiger partial charge on any atom is -0.485 e. The molecule has 3 aromatic carbocycles. The zero-order valence-corrected chi connectivity index (χ0v) is 29.5. The number of halogens is 3. The van der Waals surface area contributed by atoms with Crippen LogP contribution in [0, 0.1) is 12.8 Å². The number of benzene rings is 3. The summed E-state index contributed by atoms with van der Waals surface area (Å²) in [5.74, 6) is 0.925. The van der Waals surface area contributed by atoms with Crippen molar-refractivity contribution in [2.45, 2.75) is 88.6 Å². The maximum absolute atomic E-state index is 14.6. The number of nitrogens with one attached hydrogen (secondary N) is 1. The average molecular weight is 697 g/mol. The van der Waals surface area contributed by atoms with Gasteiger partial charge >= 0.3 is 0 Å². The highest BCUT2D eigenvalue weighted by atomic mass is 35.5. The van der Waals surface area contributed by atoms with Crippen molar-refractivity contribution in [1.82, 2.24) is 10.2 Å². The van der Waals surface area contributed by atoms with Gasteiger partial charge < -0.3 is 24.6 Å². The van der Waals surface area contributed by atoms with E-state index in [9.17, 15) is 4.79 Å². The standard InChI is InChI=1S/C38H44Cl3N3O3/c1-23-17-33(40)37(34(41)18-23)47-30-13-15-43(22-30)28-7-4-25(5-8-28)31-20-27-6-12-35(42-27)36(31)38(45)44(29-9-10-29)21-26-19-24(14-16-46-2)3-11-32(26)39/h3-5,7-8,11,17-19,27,29-31,35-36,42H,6,9-10,12-16,20-22H2,1-2H3/t27-,30+,31+,35+,36+/m0/s1. The molecule has 0 unspecified atom stereocenters. The van der Waals surface area contributed by atoms with Crippen molar-refractivity contribution in [2.24, 2.45) is 5.92 Å². The predicted molar refractivity (Wildman–Crippen MR) is 190 cm³/mol. The molecular weight excluding hydrogens is 653 g/mol. The topological polar surface area (TPSA) is 54.0 Å². The molecule has 7 rings (SSSR count). The van der Waals surface area contributed by atoms with Crippen LogP contribution < -0.4 is 15.0 Å². The molecule has 0 spiro atoms. The number of amides is 1. The van der Waals surface area contributed by atoms with E-state index >= 15 is 0 Å². The molecule has 3 saturated heterocycles. The van der Waals surface area contributed by atoms with Crippen LogP contribution in [-0.4, -0.2) is 61.8 Å². The molecule has 2 bridgehead atoms. The number of rotatable bonds is 11. The number of methoxy groups -OCH3 is 1. The molecule has 1 aliphatic carbocycles. The third kappa shape index (κ3) is 7.28. The largest absolute Gasteiger partial charge is 0.485 e. The molecule has 1 saturated carbocycles. The van der Waals surface area contributed by atoms with E-state index in [0.717, 1.165) is 74.2 Å². The molecule has 1 N–H and O–H groups in total. The van der Waals surface area contributed by atoms with Gasteiger partial charge in [0.05, 0.1) is 29.1 Å². The third-order valence-electron chi connectivity index (χ3n) is 10.5. The van der Waals surface area contributed by atoms with E-state index in [1.165, 1.54) is 16.8 Å². The number of hydrogen-bond donors (Lipinski definition) is 1. The molecule has 1 amide bonds. The lowest BCUT2D eigenvalue weighted by Gasteiger charge is -2.40. The van der Waals surface area contributed by atoms with E-state index in [-0.39, 0.29) is 29.9 Å². The smallest absolute Gasteiger partial charge is 0.228 e. The van der Waals surface area contributed by atoms with Crippen LogP contribution in [0.5, 0.6) is 5.75 Å². The molecule has 47 heavy (non-hydrogen) atoms. The van der Waals surface area contributed by atoms with Gasteiger partial charge in [0.2, 0.25) is 5.91 Å². The maximum atomic E-state index is 14.6. The molecule has 6 nitrogen and oxygen atoms in total. The summed E-state index contributed by atoms with van der Waals surface area (Å²) >= 11 is 19.6. The minimum atomic E-state index is -0.0933. The van der Waals surface area contributed by atoms with Crippen LogP contribution in [0.3, 0.4) is 0 Å². The SMILES string of the molecule is COCCc1ccc(Cl)c(CN(C(=O)[C@@H]2[C@@H](c3ccc(N4CC[C@@H](Oc5c(Cl)cc(C)cc5Cl)C4)cc3)C[C@@H]3CC[C@H]2N3)C2CC2)c1. The van der Waals surface area contributed by atoms with E-state index in [0.29, 0.717) is 41.0 Å². The summed E-state index contributed by atoms with van der Waals surface area (Å²) in [5.41, 5.74) is 5.65. The van der Waals surface area contributed by atoms with Gasteiger partial charge in [-0.05, 0) is 104 Å². The van der Waals surface area contributed by atoms with Crippen molar-refractivity contribution in [1.29, 1.82) is 0 Å². The Kier molecular flexibility index (Phi) is 9.96. The Bertz CT molecular complexity index is 1570. The quantitative estimate of drug-likeness (QED) is 0.219. The number of aryl methyl sites for hydroxylation is 1. The Balaban J connectivity index is 1.07. The summed E-state index contributed by atoms with van der Waals surface area (Å²) in [6.45, 7) is 4.85. The first kappa shape index (κ1) is 33.0. The second-order valence-electron chi connectivity index (χ2n) is 13.9. The summed E-state index contributed by atoms with van der Waals surface area (Å²) in [5, 5.41) is 5.63. The molecule has 3 heterocycles. The Morgan fingerprint density at radius 1 is 0.957 bits per heavy atom. The minimum absolute atomic E-state index is 0.0111.